The second-order valence-electron chi connectivity index (χ2n) is 7.19. The van der Waals surface area contributed by atoms with Gasteiger partial charge in [0.1, 0.15) is 17.1 Å². The standard InChI is InChI=1S/C23H20N4O5S/c1-24-33(31,32)16-6-4-5-14(11-16)13-26-20-21(23(30)22(20)29)27-15-8-9-19(28)17(12-15)18-7-2-3-10-25-18/h2-12,24,26-28H,13H2,1H3. The predicted octanol–water partition coefficient (Wildman–Crippen LogP) is 2.31. The Bertz CT molecular complexity index is 1490. The normalized spacial score (nSPS) is 11.4. The van der Waals surface area contributed by atoms with E-state index in [0.29, 0.717) is 22.5 Å². The van der Waals surface area contributed by atoms with Crippen molar-refractivity contribution in [1.29, 1.82) is 0 Å². The van der Waals surface area contributed by atoms with Crippen LogP contribution in [0.5, 0.6) is 5.75 Å². The van der Waals surface area contributed by atoms with Crippen LogP contribution in [0.3, 0.4) is 0 Å². The molecule has 1 heterocycles. The van der Waals surface area contributed by atoms with E-state index in [9.17, 15) is 23.1 Å². The summed E-state index contributed by atoms with van der Waals surface area (Å²) in [6.07, 6.45) is 1.60. The fourth-order valence-corrected chi connectivity index (χ4v) is 4.10. The molecule has 0 aliphatic carbocycles. The Kier molecular flexibility index (Phi) is 5.95. The lowest BCUT2D eigenvalue weighted by atomic mass is 10.1. The van der Waals surface area contributed by atoms with Gasteiger partial charge in [-0.2, -0.15) is 0 Å². The Morgan fingerprint density at radius 1 is 0.939 bits per heavy atom. The van der Waals surface area contributed by atoms with Crippen LogP contribution in [0, 0.1) is 0 Å². The van der Waals surface area contributed by atoms with E-state index in [1.807, 2.05) is 0 Å². The van der Waals surface area contributed by atoms with Crippen molar-refractivity contribution in [2.24, 2.45) is 0 Å². The monoisotopic (exact) mass is 464 g/mol. The first-order valence-electron chi connectivity index (χ1n) is 9.91. The fourth-order valence-electron chi connectivity index (χ4n) is 3.30. The largest absolute Gasteiger partial charge is 0.507 e. The lowest BCUT2D eigenvalue weighted by molar-refractivity contribution is 0.477. The Balaban J connectivity index is 1.55. The van der Waals surface area contributed by atoms with E-state index in [1.54, 1.807) is 48.7 Å². The highest BCUT2D eigenvalue weighted by atomic mass is 32.2. The zero-order valence-electron chi connectivity index (χ0n) is 17.5. The van der Waals surface area contributed by atoms with Crippen molar-refractivity contribution < 1.29 is 13.5 Å². The number of pyridine rings is 1. The van der Waals surface area contributed by atoms with Gasteiger partial charge in [-0.05, 0) is 55.1 Å². The van der Waals surface area contributed by atoms with Crippen molar-refractivity contribution in [1.82, 2.24) is 9.71 Å². The van der Waals surface area contributed by atoms with Crippen LogP contribution in [0.2, 0.25) is 0 Å². The van der Waals surface area contributed by atoms with E-state index in [0.717, 1.165) is 0 Å². The Hall–Kier alpha value is -4.02. The number of hydrogen-bond acceptors (Lipinski definition) is 8. The highest BCUT2D eigenvalue weighted by Gasteiger charge is 2.21. The molecule has 10 heteroatoms. The number of rotatable bonds is 8. The van der Waals surface area contributed by atoms with Crippen LogP contribution in [-0.2, 0) is 16.6 Å². The average Bonchev–Trinajstić information content (AvgIpc) is 2.84. The molecule has 3 aromatic carbocycles. The summed E-state index contributed by atoms with van der Waals surface area (Å²) in [5, 5.41) is 16.0. The molecule has 0 atom stereocenters. The second kappa shape index (κ2) is 8.85. The number of hydrogen-bond donors (Lipinski definition) is 4. The third kappa shape index (κ3) is 4.47. The predicted molar refractivity (Wildman–Crippen MR) is 126 cm³/mol. The molecule has 9 nitrogen and oxygen atoms in total. The number of nitrogens with zero attached hydrogens (tertiary/aromatic N) is 1. The first-order valence-corrected chi connectivity index (χ1v) is 11.4. The van der Waals surface area contributed by atoms with Crippen LogP contribution in [0.1, 0.15) is 5.56 Å². The van der Waals surface area contributed by atoms with E-state index >= 15 is 0 Å². The smallest absolute Gasteiger partial charge is 0.253 e. The van der Waals surface area contributed by atoms with Crippen LogP contribution in [0.25, 0.3) is 11.3 Å². The van der Waals surface area contributed by atoms with Gasteiger partial charge >= 0.3 is 0 Å². The summed E-state index contributed by atoms with van der Waals surface area (Å²) in [4.78, 5) is 28.6. The second-order valence-corrected chi connectivity index (χ2v) is 9.08. The zero-order chi connectivity index (χ0) is 23.6. The number of aromatic hydroxyl groups is 1. The molecule has 0 amide bonds. The van der Waals surface area contributed by atoms with Crippen LogP contribution in [-0.4, -0.2) is 25.6 Å². The van der Waals surface area contributed by atoms with Crippen LogP contribution in [0.15, 0.2) is 81.3 Å². The van der Waals surface area contributed by atoms with Crippen molar-refractivity contribution in [3.63, 3.8) is 0 Å². The molecule has 0 aliphatic heterocycles. The quantitative estimate of drug-likeness (QED) is 0.230. The number of phenolic OH excluding ortho intramolecular Hbond substituents is 1. The minimum absolute atomic E-state index is 0.0268. The van der Waals surface area contributed by atoms with Crippen LogP contribution in [0.4, 0.5) is 17.1 Å². The molecule has 0 saturated carbocycles. The summed E-state index contributed by atoms with van der Waals surface area (Å²) >= 11 is 0. The van der Waals surface area contributed by atoms with Crippen molar-refractivity contribution in [3.8, 4) is 17.0 Å². The fraction of sp³-hybridized carbons (Fsp3) is 0.0870. The van der Waals surface area contributed by atoms with Crippen molar-refractivity contribution in [2.75, 3.05) is 17.7 Å². The van der Waals surface area contributed by atoms with Crippen molar-refractivity contribution in [2.45, 2.75) is 11.4 Å². The SMILES string of the molecule is CNS(=O)(=O)c1cccc(CNc2c(Nc3ccc(O)c(-c4ccccn4)c3)c(=O)c2=O)c1. The maximum Gasteiger partial charge on any atom is 0.253 e. The Morgan fingerprint density at radius 2 is 1.73 bits per heavy atom. The molecule has 4 rings (SSSR count). The maximum absolute atomic E-state index is 12.2. The van der Waals surface area contributed by atoms with Crippen LogP contribution >= 0.6 is 0 Å². The molecule has 0 radical (unpaired) electrons. The number of anilines is 3. The summed E-state index contributed by atoms with van der Waals surface area (Å²) in [7, 11) is -2.28. The highest BCUT2D eigenvalue weighted by molar-refractivity contribution is 7.89. The van der Waals surface area contributed by atoms with E-state index in [1.165, 1.54) is 25.2 Å². The van der Waals surface area contributed by atoms with Crippen molar-refractivity contribution in [3.05, 3.63) is 92.9 Å². The molecule has 0 fully saturated rings. The van der Waals surface area contributed by atoms with Gasteiger partial charge in [0.25, 0.3) is 10.9 Å². The first-order chi connectivity index (χ1) is 15.8. The lowest BCUT2D eigenvalue weighted by Gasteiger charge is -2.16. The molecule has 1 aromatic heterocycles. The molecule has 33 heavy (non-hydrogen) atoms. The van der Waals surface area contributed by atoms with Crippen LogP contribution < -0.4 is 26.2 Å². The molecule has 4 N–H and O–H groups in total. The maximum atomic E-state index is 12.2. The first kappa shape index (κ1) is 22.2. The Labute approximate surface area is 189 Å². The minimum Gasteiger partial charge on any atom is -0.507 e. The minimum atomic E-state index is -3.60. The van der Waals surface area contributed by atoms with Gasteiger partial charge in [0.2, 0.25) is 10.0 Å². The summed E-state index contributed by atoms with van der Waals surface area (Å²) < 4.78 is 26.2. The molecule has 0 aliphatic rings. The van der Waals surface area contributed by atoms with E-state index in [-0.39, 0.29) is 28.6 Å². The molecule has 0 unspecified atom stereocenters. The van der Waals surface area contributed by atoms with Gasteiger partial charge in [0.05, 0.1) is 10.6 Å². The molecule has 0 spiro atoms. The zero-order valence-corrected chi connectivity index (χ0v) is 18.3. The van der Waals surface area contributed by atoms with Gasteiger partial charge in [0, 0.05) is 24.0 Å². The van der Waals surface area contributed by atoms with Gasteiger partial charge in [-0.1, -0.05) is 18.2 Å². The number of nitrogens with one attached hydrogen (secondary N) is 3. The number of sulfonamides is 1. The van der Waals surface area contributed by atoms with Crippen molar-refractivity contribution >= 4 is 27.1 Å². The van der Waals surface area contributed by atoms with Gasteiger partial charge in [-0.15, -0.1) is 0 Å². The molecule has 168 valence electrons. The van der Waals surface area contributed by atoms with Gasteiger partial charge < -0.3 is 15.7 Å². The topological polar surface area (TPSA) is 137 Å². The number of aromatic nitrogens is 1. The number of phenols is 1. The van der Waals surface area contributed by atoms with E-state index < -0.39 is 20.9 Å². The lowest BCUT2D eigenvalue weighted by Crippen LogP contribution is -2.36. The highest BCUT2D eigenvalue weighted by Crippen LogP contribution is 2.32. The summed E-state index contributed by atoms with van der Waals surface area (Å²) in [6, 6.07) is 16.2. The van der Waals surface area contributed by atoms with Gasteiger partial charge in [0.15, 0.2) is 0 Å². The van der Waals surface area contributed by atoms with E-state index in [2.05, 4.69) is 20.3 Å². The van der Waals surface area contributed by atoms with Gasteiger partial charge in [-0.25, -0.2) is 13.1 Å². The summed E-state index contributed by atoms with van der Waals surface area (Å²) in [6.45, 7) is 0.140. The summed E-state index contributed by atoms with van der Waals surface area (Å²) in [5.74, 6) is 0.0268. The average molecular weight is 465 g/mol. The molecule has 4 aromatic rings. The molecule has 0 bridgehead atoms. The van der Waals surface area contributed by atoms with Gasteiger partial charge in [-0.3, -0.25) is 14.6 Å². The molecular formula is C23H20N4O5S. The van der Waals surface area contributed by atoms with E-state index in [4.69, 9.17) is 0 Å². The Morgan fingerprint density at radius 3 is 2.45 bits per heavy atom. The molecular weight excluding hydrogens is 444 g/mol. The third-order valence-electron chi connectivity index (χ3n) is 5.06. The molecule has 0 saturated heterocycles. The number of benzene rings is 2. The summed E-state index contributed by atoms with van der Waals surface area (Å²) in [5.41, 5.74) is 0.996. The third-order valence-corrected chi connectivity index (χ3v) is 6.48.